The van der Waals surface area contributed by atoms with Crippen LogP contribution >= 0.6 is 11.3 Å². The maximum Gasteiger partial charge on any atom is 0.284 e. The van der Waals surface area contributed by atoms with E-state index in [4.69, 9.17) is 4.43 Å². The molecule has 0 N–H and O–H groups in total. The molecule has 1 nitrogen and oxygen atoms in total. The van der Waals surface area contributed by atoms with Crippen molar-refractivity contribution in [2.75, 3.05) is 0 Å². The highest BCUT2D eigenvalue weighted by molar-refractivity contribution is 7.27. The largest absolute Gasteiger partial charge is 0.401 e. The lowest BCUT2D eigenvalue weighted by Gasteiger charge is -2.26. The van der Waals surface area contributed by atoms with Crippen molar-refractivity contribution < 1.29 is 4.43 Å². The molecule has 1 aromatic heterocycles. The van der Waals surface area contributed by atoms with Gasteiger partial charge in [-0.25, -0.2) is 0 Å². The lowest BCUT2D eigenvalue weighted by molar-refractivity contribution is 0.283. The molecule has 1 heterocycles. The molecule has 33 heavy (non-hydrogen) atoms. The van der Waals surface area contributed by atoms with Crippen molar-refractivity contribution >= 4 is 49.4 Å². The Kier molecular flexibility index (Phi) is 8.05. The zero-order valence-corrected chi connectivity index (χ0v) is 24.8. The normalized spacial score (nSPS) is 13.3. The van der Waals surface area contributed by atoms with Crippen LogP contribution in [0.25, 0.3) is 6.08 Å². The van der Waals surface area contributed by atoms with Gasteiger partial charge in [0.1, 0.15) is 0 Å². The monoisotopic (exact) mass is 491 g/mol. The third-order valence-corrected chi connectivity index (χ3v) is 13.8. The predicted molar refractivity (Wildman–Crippen MR) is 153 cm³/mol. The quantitative estimate of drug-likeness (QED) is 0.349. The van der Waals surface area contributed by atoms with Gasteiger partial charge in [-0.05, 0) is 97.7 Å². The molecule has 1 atom stereocenters. The summed E-state index contributed by atoms with van der Waals surface area (Å²) in [6.45, 7) is 22.7. The third-order valence-electron chi connectivity index (χ3n) is 6.01. The summed E-state index contributed by atoms with van der Waals surface area (Å²) in [5.74, 6) is 0. The average molecular weight is 492 g/mol. The van der Waals surface area contributed by atoms with Crippen molar-refractivity contribution in [2.45, 2.75) is 74.2 Å². The summed E-state index contributed by atoms with van der Waals surface area (Å²) in [7, 11) is -2.67. The van der Waals surface area contributed by atoms with Crippen LogP contribution in [0.5, 0.6) is 0 Å². The smallest absolute Gasteiger partial charge is 0.284 e. The summed E-state index contributed by atoms with van der Waals surface area (Å²) in [6, 6.07) is 13.8. The fourth-order valence-electron chi connectivity index (χ4n) is 4.62. The maximum absolute atomic E-state index is 6.95. The van der Waals surface area contributed by atoms with Crippen molar-refractivity contribution in [1.29, 1.82) is 0 Å². The first-order chi connectivity index (χ1) is 15.4. The van der Waals surface area contributed by atoms with Gasteiger partial charge in [-0.2, -0.15) is 0 Å². The zero-order chi connectivity index (χ0) is 24.5. The summed E-state index contributed by atoms with van der Waals surface area (Å²) in [5.41, 5.74) is 8.00. The molecule has 0 saturated heterocycles. The number of hydrogen-bond acceptors (Lipinski definition) is 2. The molecule has 0 saturated carbocycles. The molecule has 0 fully saturated rings. The number of benzene rings is 2. The summed E-state index contributed by atoms with van der Waals surface area (Å²) >= 11 is 1.93. The number of thiophene rings is 1. The minimum absolute atomic E-state index is 0.0385. The molecular weight excluding hydrogens is 453 g/mol. The number of rotatable bonds is 7. The van der Waals surface area contributed by atoms with E-state index < -0.39 is 17.1 Å². The van der Waals surface area contributed by atoms with E-state index in [9.17, 15) is 0 Å². The fraction of sp³-hybridized carbons (Fsp3) is 0.379. The highest BCUT2D eigenvalue weighted by Gasteiger charge is 2.28. The standard InChI is InChI=1S/C29H39OSSi2/c1-19-15-21(3)28(22(4)16-19)32(29-23(5)17-20(2)18-24(29)6)30-25(7)11-12-26-13-14-27(31-26)33(8,9)10/h11-18,25H,1-10H3/b12-11+. The lowest BCUT2D eigenvalue weighted by atomic mass is 10.1. The van der Waals surface area contributed by atoms with Gasteiger partial charge in [0.15, 0.2) is 0 Å². The lowest BCUT2D eigenvalue weighted by Crippen LogP contribution is -2.51. The summed E-state index contributed by atoms with van der Waals surface area (Å²) < 4.78 is 8.50. The van der Waals surface area contributed by atoms with Gasteiger partial charge in [-0.3, -0.25) is 0 Å². The molecule has 0 spiro atoms. The molecule has 2 aromatic carbocycles. The molecule has 0 aliphatic rings. The van der Waals surface area contributed by atoms with Crippen LogP contribution in [0, 0.1) is 41.5 Å². The third kappa shape index (κ3) is 6.24. The highest BCUT2D eigenvalue weighted by atomic mass is 32.1. The first-order valence-corrected chi connectivity index (χ1v) is 17.6. The second-order valence-corrected chi connectivity index (χ2v) is 18.9. The average Bonchev–Trinajstić information content (AvgIpc) is 3.14. The van der Waals surface area contributed by atoms with Gasteiger partial charge in [-0.15, -0.1) is 11.3 Å². The van der Waals surface area contributed by atoms with Gasteiger partial charge in [0.05, 0.1) is 14.2 Å². The van der Waals surface area contributed by atoms with Gasteiger partial charge in [-0.1, -0.05) is 67.2 Å². The molecular formula is C29H39OSSi2. The van der Waals surface area contributed by atoms with Crippen molar-refractivity contribution in [2.24, 2.45) is 0 Å². The number of aryl methyl sites for hydroxylation is 6. The van der Waals surface area contributed by atoms with Gasteiger partial charge in [0, 0.05) is 4.88 Å². The minimum Gasteiger partial charge on any atom is -0.401 e. The Morgan fingerprint density at radius 1 is 0.788 bits per heavy atom. The summed E-state index contributed by atoms with van der Waals surface area (Å²) in [5, 5.41) is 2.80. The molecule has 0 aliphatic heterocycles. The second kappa shape index (κ2) is 10.3. The van der Waals surface area contributed by atoms with Crippen LogP contribution in [-0.4, -0.2) is 23.2 Å². The Morgan fingerprint density at radius 2 is 1.24 bits per heavy atom. The van der Waals surface area contributed by atoms with Crippen LogP contribution in [0.4, 0.5) is 0 Å². The SMILES string of the molecule is Cc1cc(C)c([Si](OC(C)/C=C/c2ccc([Si](C)(C)C)s2)c2c(C)cc(C)cc2C)c(C)c1. The van der Waals surface area contributed by atoms with Crippen LogP contribution in [0.1, 0.15) is 45.2 Å². The van der Waals surface area contributed by atoms with Gasteiger partial charge >= 0.3 is 0 Å². The van der Waals surface area contributed by atoms with E-state index in [1.165, 1.54) is 48.6 Å². The second-order valence-electron chi connectivity index (χ2n) is 10.5. The molecule has 3 aromatic rings. The van der Waals surface area contributed by atoms with Crippen LogP contribution < -0.4 is 14.9 Å². The molecule has 0 amide bonds. The van der Waals surface area contributed by atoms with Crippen molar-refractivity contribution in [3.63, 3.8) is 0 Å². The first-order valence-electron chi connectivity index (χ1n) is 11.9. The van der Waals surface area contributed by atoms with E-state index >= 15 is 0 Å². The van der Waals surface area contributed by atoms with Gasteiger partial charge in [0.2, 0.25) is 0 Å². The molecule has 1 radical (unpaired) electrons. The molecule has 0 bridgehead atoms. The van der Waals surface area contributed by atoms with Crippen molar-refractivity contribution in [3.05, 3.63) is 80.7 Å². The number of hydrogen-bond donors (Lipinski definition) is 0. The van der Waals surface area contributed by atoms with Gasteiger partial charge < -0.3 is 4.43 Å². The Labute approximate surface area is 208 Å². The molecule has 175 valence electrons. The first kappa shape index (κ1) is 25.9. The molecule has 0 aliphatic carbocycles. The van der Waals surface area contributed by atoms with Crippen LogP contribution in [0.2, 0.25) is 19.6 Å². The van der Waals surface area contributed by atoms with E-state index in [-0.39, 0.29) is 6.10 Å². The summed E-state index contributed by atoms with van der Waals surface area (Å²) in [4.78, 5) is 1.32. The maximum atomic E-state index is 6.95. The van der Waals surface area contributed by atoms with Crippen LogP contribution in [0.15, 0.2) is 42.5 Å². The van der Waals surface area contributed by atoms with Crippen molar-refractivity contribution in [1.82, 2.24) is 0 Å². The van der Waals surface area contributed by atoms with E-state index in [2.05, 4.69) is 117 Å². The van der Waals surface area contributed by atoms with E-state index in [0.29, 0.717) is 0 Å². The Morgan fingerprint density at radius 3 is 1.64 bits per heavy atom. The van der Waals surface area contributed by atoms with Crippen LogP contribution in [0.3, 0.4) is 0 Å². The Hall–Kier alpha value is -1.73. The highest BCUT2D eigenvalue weighted by Crippen LogP contribution is 2.17. The Bertz CT molecular complexity index is 1060. The fourth-order valence-corrected chi connectivity index (χ4v) is 10.1. The van der Waals surface area contributed by atoms with E-state index in [0.717, 1.165) is 0 Å². The molecule has 3 rings (SSSR count). The van der Waals surface area contributed by atoms with Crippen molar-refractivity contribution in [3.8, 4) is 0 Å². The molecule has 1 unspecified atom stereocenters. The van der Waals surface area contributed by atoms with Gasteiger partial charge in [0.25, 0.3) is 9.04 Å². The summed E-state index contributed by atoms with van der Waals surface area (Å²) in [6.07, 6.45) is 4.53. The van der Waals surface area contributed by atoms with Crippen LogP contribution in [-0.2, 0) is 4.43 Å². The minimum atomic E-state index is -1.41. The Balaban J connectivity index is 1.98. The van der Waals surface area contributed by atoms with E-state index in [1.54, 1.807) is 4.50 Å². The topological polar surface area (TPSA) is 9.23 Å². The van der Waals surface area contributed by atoms with E-state index in [1.807, 2.05) is 11.3 Å². The predicted octanol–water partition coefficient (Wildman–Crippen LogP) is 6.37. The molecule has 4 heteroatoms. The zero-order valence-electron chi connectivity index (χ0n) is 22.0.